The molecule has 1 unspecified atom stereocenters. The Hall–Kier alpha value is -2.82. The number of amides is 1. The summed E-state index contributed by atoms with van der Waals surface area (Å²) in [5.41, 5.74) is 1.82. The van der Waals surface area contributed by atoms with Crippen LogP contribution in [0.2, 0.25) is 15.1 Å². The SMILES string of the molecule is CS(=O)(=O)NC(=O)C1=CC=CC(C2CC(O)(c3ccc(OCc4c(-c5c(Cl)cccc5Cl)noc4C4CC4)cc3Cl)C2)C1. The van der Waals surface area contributed by atoms with Gasteiger partial charge in [-0.1, -0.05) is 70.3 Å². The van der Waals surface area contributed by atoms with Gasteiger partial charge in [-0.3, -0.25) is 4.79 Å². The fraction of sp³-hybridized carbons (Fsp3) is 0.355. The Balaban J connectivity index is 1.13. The summed E-state index contributed by atoms with van der Waals surface area (Å²) in [5, 5.41) is 17.0. The van der Waals surface area contributed by atoms with E-state index in [2.05, 4.69) is 5.16 Å². The van der Waals surface area contributed by atoms with Crippen LogP contribution >= 0.6 is 34.8 Å². The average molecular weight is 664 g/mol. The van der Waals surface area contributed by atoms with Crippen molar-refractivity contribution in [3.05, 3.63) is 92.2 Å². The van der Waals surface area contributed by atoms with Crippen molar-refractivity contribution < 1.29 is 27.6 Å². The van der Waals surface area contributed by atoms with Gasteiger partial charge in [0.15, 0.2) is 0 Å². The van der Waals surface area contributed by atoms with Crippen molar-refractivity contribution in [2.45, 2.75) is 50.2 Å². The van der Waals surface area contributed by atoms with Crippen molar-refractivity contribution in [3.63, 3.8) is 0 Å². The molecule has 0 radical (unpaired) electrons. The minimum absolute atomic E-state index is 0.00276. The van der Waals surface area contributed by atoms with E-state index in [0.717, 1.165) is 30.4 Å². The number of allylic oxidation sites excluding steroid dienone is 3. The molecule has 2 fully saturated rings. The molecule has 8 nitrogen and oxygen atoms in total. The zero-order valence-corrected chi connectivity index (χ0v) is 26.2. The van der Waals surface area contributed by atoms with Gasteiger partial charge < -0.3 is 14.4 Å². The summed E-state index contributed by atoms with van der Waals surface area (Å²) < 4.78 is 36.8. The largest absolute Gasteiger partial charge is 0.489 e. The molecule has 3 aromatic rings. The Bertz CT molecular complexity index is 1740. The Kier molecular flexibility index (Phi) is 8.15. The number of ether oxygens (including phenoxy) is 1. The molecule has 1 amide bonds. The predicted molar refractivity (Wildman–Crippen MR) is 165 cm³/mol. The number of carbonyl (C=O) groups is 1. The number of rotatable bonds is 9. The molecule has 3 aliphatic carbocycles. The molecule has 226 valence electrons. The van der Waals surface area contributed by atoms with Crippen LogP contribution in [-0.2, 0) is 27.0 Å². The van der Waals surface area contributed by atoms with Gasteiger partial charge in [0.2, 0.25) is 10.0 Å². The topological polar surface area (TPSA) is 119 Å². The summed E-state index contributed by atoms with van der Waals surface area (Å²) >= 11 is 19.6. The molecule has 0 saturated heterocycles. The Morgan fingerprint density at radius 1 is 1.14 bits per heavy atom. The highest BCUT2D eigenvalue weighted by molar-refractivity contribution is 7.89. The quantitative estimate of drug-likeness (QED) is 0.255. The molecule has 0 bridgehead atoms. The van der Waals surface area contributed by atoms with E-state index in [1.54, 1.807) is 48.6 Å². The molecule has 12 heteroatoms. The highest BCUT2D eigenvalue weighted by Gasteiger charge is 2.48. The van der Waals surface area contributed by atoms with Crippen LogP contribution in [0.3, 0.4) is 0 Å². The molecule has 0 spiro atoms. The number of hydrogen-bond donors (Lipinski definition) is 2. The van der Waals surface area contributed by atoms with Crippen molar-refractivity contribution in [1.82, 2.24) is 9.88 Å². The van der Waals surface area contributed by atoms with Crippen LogP contribution in [0.15, 0.2) is 64.7 Å². The molecule has 1 aromatic heterocycles. The second-order valence-electron chi connectivity index (χ2n) is 11.5. The third-order valence-corrected chi connectivity index (χ3v) is 9.78. The van der Waals surface area contributed by atoms with E-state index in [1.807, 2.05) is 10.8 Å². The molecule has 1 atom stereocenters. The van der Waals surface area contributed by atoms with E-state index >= 15 is 0 Å². The smallest absolute Gasteiger partial charge is 0.260 e. The lowest BCUT2D eigenvalue weighted by atomic mass is 9.61. The van der Waals surface area contributed by atoms with Gasteiger partial charge in [0.25, 0.3) is 5.91 Å². The maximum Gasteiger partial charge on any atom is 0.260 e. The third-order valence-electron chi connectivity index (χ3n) is 8.28. The van der Waals surface area contributed by atoms with Gasteiger partial charge >= 0.3 is 0 Å². The Morgan fingerprint density at radius 3 is 2.51 bits per heavy atom. The van der Waals surface area contributed by atoms with Crippen LogP contribution in [0.25, 0.3) is 11.3 Å². The monoisotopic (exact) mass is 662 g/mol. The van der Waals surface area contributed by atoms with Gasteiger partial charge in [-0.2, -0.15) is 0 Å². The van der Waals surface area contributed by atoms with Gasteiger partial charge in [0, 0.05) is 22.6 Å². The molecule has 2 N–H and O–H groups in total. The number of nitrogens with zero attached hydrogens (tertiary/aromatic N) is 1. The summed E-state index contributed by atoms with van der Waals surface area (Å²) in [5.74, 6) is 1.06. The van der Waals surface area contributed by atoms with Gasteiger partial charge in [-0.25, -0.2) is 13.1 Å². The van der Waals surface area contributed by atoms with Crippen LogP contribution in [0.5, 0.6) is 5.75 Å². The first-order valence-electron chi connectivity index (χ1n) is 13.9. The van der Waals surface area contributed by atoms with E-state index in [1.165, 1.54) is 0 Å². The number of hydrogen-bond acceptors (Lipinski definition) is 7. The van der Waals surface area contributed by atoms with Crippen molar-refractivity contribution in [3.8, 4) is 17.0 Å². The second-order valence-corrected chi connectivity index (χ2v) is 14.5. The summed E-state index contributed by atoms with van der Waals surface area (Å²) in [6.07, 6.45) is 9.65. The molecular formula is C31H29Cl3N2O6S. The van der Waals surface area contributed by atoms with Crippen LogP contribution in [0.1, 0.15) is 54.9 Å². The first kappa shape index (κ1) is 30.2. The maximum absolute atomic E-state index is 12.3. The summed E-state index contributed by atoms with van der Waals surface area (Å²) in [4.78, 5) is 12.3. The highest BCUT2D eigenvalue weighted by Crippen LogP contribution is 2.53. The lowest BCUT2D eigenvalue weighted by Gasteiger charge is -2.47. The maximum atomic E-state index is 12.3. The Morgan fingerprint density at radius 2 is 1.86 bits per heavy atom. The highest BCUT2D eigenvalue weighted by atomic mass is 35.5. The van der Waals surface area contributed by atoms with Crippen molar-refractivity contribution in [1.29, 1.82) is 0 Å². The van der Waals surface area contributed by atoms with Crippen molar-refractivity contribution >= 4 is 50.7 Å². The lowest BCUT2D eigenvalue weighted by molar-refractivity contribution is -0.116. The molecule has 43 heavy (non-hydrogen) atoms. The number of nitrogens with one attached hydrogen (secondary N) is 1. The lowest BCUT2D eigenvalue weighted by Crippen LogP contribution is -2.44. The number of carbonyl (C=O) groups excluding carboxylic acids is 1. The predicted octanol–water partition coefficient (Wildman–Crippen LogP) is 6.93. The average Bonchev–Trinajstić information content (AvgIpc) is 3.69. The number of halogens is 3. The van der Waals surface area contributed by atoms with E-state index in [4.69, 9.17) is 44.1 Å². The van der Waals surface area contributed by atoms with Crippen molar-refractivity contribution in [2.75, 3.05) is 6.26 Å². The molecule has 3 aliphatic rings. The Labute approximate surface area is 264 Å². The second kappa shape index (κ2) is 11.6. The number of aliphatic hydroxyl groups is 1. The van der Waals surface area contributed by atoms with Gasteiger partial charge in [-0.05, 0) is 68.2 Å². The number of benzene rings is 2. The summed E-state index contributed by atoms with van der Waals surface area (Å²) in [7, 11) is -3.65. The van der Waals surface area contributed by atoms with Gasteiger partial charge in [0.05, 0.1) is 32.5 Å². The summed E-state index contributed by atoms with van der Waals surface area (Å²) in [6, 6.07) is 10.5. The molecule has 2 aromatic carbocycles. The molecule has 0 aliphatic heterocycles. The van der Waals surface area contributed by atoms with Crippen molar-refractivity contribution in [2.24, 2.45) is 11.8 Å². The summed E-state index contributed by atoms with van der Waals surface area (Å²) in [6.45, 7) is 0.172. The molecule has 6 rings (SSSR count). The van der Waals surface area contributed by atoms with E-state index in [9.17, 15) is 18.3 Å². The van der Waals surface area contributed by atoms with Crippen LogP contribution in [0, 0.1) is 11.8 Å². The first-order chi connectivity index (χ1) is 20.4. The fourth-order valence-electron chi connectivity index (χ4n) is 5.93. The minimum Gasteiger partial charge on any atom is -0.489 e. The number of aromatic nitrogens is 1. The zero-order chi connectivity index (χ0) is 30.5. The van der Waals surface area contributed by atoms with Crippen LogP contribution < -0.4 is 9.46 Å². The van der Waals surface area contributed by atoms with E-state index in [-0.39, 0.29) is 24.4 Å². The van der Waals surface area contributed by atoms with E-state index < -0.39 is 21.5 Å². The number of sulfonamides is 1. The van der Waals surface area contributed by atoms with Gasteiger partial charge in [0.1, 0.15) is 23.8 Å². The molecule has 2 saturated carbocycles. The minimum atomic E-state index is -3.65. The molecular weight excluding hydrogens is 635 g/mol. The van der Waals surface area contributed by atoms with E-state index in [0.29, 0.717) is 62.5 Å². The zero-order valence-electron chi connectivity index (χ0n) is 23.1. The standard InChI is InChI=1S/C31H29Cl3N2O6S/c1-43(39,40)36-30(37)19-5-2-4-18(12-19)20-14-31(38,15-20)23-11-10-21(13-26(23)34)41-16-22-28(35-42-29(22)17-8-9-17)27-24(32)6-3-7-25(27)33/h2-7,10-11,13,17-18,20,38H,8-9,12,14-16H2,1H3,(H,36,37). The van der Waals surface area contributed by atoms with Gasteiger partial charge in [-0.15, -0.1) is 0 Å². The third kappa shape index (κ3) is 6.37. The first-order valence-corrected chi connectivity index (χ1v) is 16.9. The normalized spacial score (nSPS) is 23.4. The fourth-order valence-corrected chi connectivity index (χ4v) is 7.32. The van der Waals surface area contributed by atoms with Crippen LogP contribution in [0.4, 0.5) is 0 Å². The molecule has 1 heterocycles. The van der Waals surface area contributed by atoms with Crippen LogP contribution in [-0.4, -0.2) is 30.8 Å².